The number of rotatable bonds is 6. The Morgan fingerprint density at radius 3 is 1.90 bits per heavy atom. The molecule has 0 aliphatic rings. The van der Waals surface area contributed by atoms with Gasteiger partial charge in [0.2, 0.25) is 0 Å². The van der Waals surface area contributed by atoms with Crippen molar-refractivity contribution < 1.29 is 11.3 Å². The lowest BCUT2D eigenvalue weighted by Crippen LogP contribution is -2.10. The van der Waals surface area contributed by atoms with Gasteiger partial charge >= 0.3 is 0 Å². The Morgan fingerprint density at radius 2 is 1.12 bits per heavy atom. The van der Waals surface area contributed by atoms with E-state index in [9.17, 15) is 0 Å². The smallest absolute Gasteiger partial charge is 0.143 e. The topological polar surface area (TPSA) is 16.4 Å². The summed E-state index contributed by atoms with van der Waals surface area (Å²) in [5, 5.41) is 4.47. The third kappa shape index (κ3) is 5.10. The highest BCUT2D eigenvalue weighted by Gasteiger charge is 2.19. The van der Waals surface area contributed by atoms with Crippen LogP contribution in [0.5, 0.6) is 0 Å². The lowest BCUT2D eigenvalue weighted by molar-refractivity contribution is 0.670. The Hall–Kier alpha value is -6.42. The molecule has 0 spiro atoms. The minimum absolute atomic E-state index is 0.183. The number of para-hydroxylation sites is 1. The average Bonchev–Trinajstić information content (AvgIpc) is 3.82. The molecule has 0 unspecified atom stereocenters. The second-order valence-electron chi connectivity index (χ2n) is 12.5. The van der Waals surface area contributed by atoms with Crippen LogP contribution in [-0.4, -0.2) is 0 Å². The molecule has 0 radical (unpaired) electrons. The predicted octanol–water partition coefficient (Wildman–Crippen LogP) is 14.4. The Bertz CT molecular complexity index is 3110. The van der Waals surface area contributed by atoms with Crippen LogP contribution < -0.4 is 4.90 Å². The Kier molecular flexibility index (Phi) is 5.89. The first-order valence-corrected chi connectivity index (χ1v) is 17.7. The van der Waals surface area contributed by atoms with Crippen LogP contribution >= 0.6 is 11.3 Å². The molecule has 10 rings (SSSR count). The lowest BCUT2D eigenvalue weighted by atomic mass is 10.00. The fourth-order valence-electron chi connectivity index (χ4n) is 7.17. The number of benzene rings is 8. The van der Waals surface area contributed by atoms with Gasteiger partial charge in [-0.15, -0.1) is 11.3 Å². The molecule has 240 valence electrons. The zero-order valence-electron chi connectivity index (χ0n) is 32.3. The van der Waals surface area contributed by atoms with Crippen LogP contribution in [0.25, 0.3) is 75.5 Å². The van der Waals surface area contributed by atoms with Crippen molar-refractivity contribution in [3.8, 4) is 33.4 Å². The molecule has 0 aliphatic heterocycles. The van der Waals surface area contributed by atoms with Gasteiger partial charge in [0, 0.05) is 47.9 Å². The van der Waals surface area contributed by atoms with Gasteiger partial charge in [-0.25, -0.2) is 0 Å². The van der Waals surface area contributed by atoms with Crippen LogP contribution in [0.15, 0.2) is 192 Å². The molecule has 2 heterocycles. The highest BCUT2D eigenvalue weighted by Crippen LogP contribution is 2.45. The summed E-state index contributed by atoms with van der Waals surface area (Å²) >= 11 is 1.77. The molecule has 0 saturated heterocycles. The molecule has 0 N–H and O–H groups in total. The normalized spacial score (nSPS) is 12.9. The third-order valence-corrected chi connectivity index (χ3v) is 10.7. The van der Waals surface area contributed by atoms with E-state index in [4.69, 9.17) is 11.3 Å². The summed E-state index contributed by atoms with van der Waals surface area (Å²) < 4.78 is 50.4. The monoisotopic (exact) mass is 674 g/mol. The number of fused-ring (bicyclic) bond motifs is 6. The maximum atomic E-state index is 8.55. The van der Waals surface area contributed by atoms with Crippen molar-refractivity contribution in [3.05, 3.63) is 188 Å². The van der Waals surface area contributed by atoms with Crippen LogP contribution in [0.4, 0.5) is 17.1 Å². The van der Waals surface area contributed by atoms with Crippen LogP contribution in [-0.2, 0) is 0 Å². The van der Waals surface area contributed by atoms with Gasteiger partial charge in [-0.2, -0.15) is 0 Å². The third-order valence-electron chi connectivity index (χ3n) is 9.58. The molecule has 8 aromatic carbocycles. The summed E-state index contributed by atoms with van der Waals surface area (Å²) in [5.41, 5.74) is 9.64. The highest BCUT2D eigenvalue weighted by molar-refractivity contribution is 7.26. The highest BCUT2D eigenvalue weighted by atomic mass is 32.1. The zero-order valence-corrected chi connectivity index (χ0v) is 28.1. The first kappa shape index (κ1) is 24.7. The molecule has 0 saturated carbocycles. The van der Waals surface area contributed by atoms with Gasteiger partial charge in [0.25, 0.3) is 0 Å². The molecule has 0 atom stereocenters. The van der Waals surface area contributed by atoms with Crippen molar-refractivity contribution in [2.24, 2.45) is 0 Å². The van der Waals surface area contributed by atoms with Crippen molar-refractivity contribution in [3.63, 3.8) is 0 Å². The second-order valence-corrected chi connectivity index (χ2v) is 13.6. The molecule has 2 nitrogen and oxygen atoms in total. The van der Waals surface area contributed by atoms with Gasteiger partial charge in [0.05, 0.1) is 12.5 Å². The Balaban J connectivity index is 1.09. The van der Waals surface area contributed by atoms with Gasteiger partial charge in [-0.1, -0.05) is 133 Å². The second kappa shape index (κ2) is 12.2. The van der Waals surface area contributed by atoms with E-state index < -0.39 is 6.04 Å². The van der Waals surface area contributed by atoms with Crippen molar-refractivity contribution >= 4 is 70.5 Å². The molecule has 0 fully saturated rings. The largest absolute Gasteiger partial charge is 0.455 e. The number of nitrogens with zero attached hydrogens (tertiary/aromatic N) is 1. The van der Waals surface area contributed by atoms with Crippen molar-refractivity contribution in [1.82, 2.24) is 0 Å². The first-order valence-electron chi connectivity index (χ1n) is 19.3. The van der Waals surface area contributed by atoms with Crippen molar-refractivity contribution in [1.29, 1.82) is 0 Å². The Labute approximate surface area is 307 Å². The summed E-state index contributed by atoms with van der Waals surface area (Å²) in [4.78, 5) is 2.23. The summed E-state index contributed by atoms with van der Waals surface area (Å²) in [5.74, 6) is 0. The molecule has 0 amide bonds. The molecular weight excluding hydrogens is 639 g/mol. The first-order chi connectivity index (χ1) is 27.4. The van der Waals surface area contributed by atoms with Crippen LogP contribution in [0, 0.1) is 0 Å². The quantitative estimate of drug-likeness (QED) is 0.175. The predicted molar refractivity (Wildman–Crippen MR) is 218 cm³/mol. The van der Waals surface area contributed by atoms with Crippen LogP contribution in [0.1, 0.15) is 6.85 Å². The van der Waals surface area contributed by atoms with E-state index >= 15 is 0 Å². The fraction of sp³-hybridized carbons (Fsp3) is 0. The number of furan rings is 1. The van der Waals surface area contributed by atoms with E-state index in [-0.39, 0.29) is 29.7 Å². The van der Waals surface area contributed by atoms with Crippen molar-refractivity contribution in [2.75, 3.05) is 4.90 Å². The zero-order chi connectivity index (χ0) is 38.1. The molecule has 0 aliphatic carbocycles. The lowest BCUT2D eigenvalue weighted by Gasteiger charge is -2.27. The van der Waals surface area contributed by atoms with Gasteiger partial charge in [-0.3, -0.25) is 0 Å². The Morgan fingerprint density at radius 1 is 0.471 bits per heavy atom. The van der Waals surface area contributed by atoms with Gasteiger partial charge < -0.3 is 9.32 Å². The van der Waals surface area contributed by atoms with E-state index in [2.05, 4.69) is 120 Å². The molecule has 3 heteroatoms. The van der Waals surface area contributed by atoms with Gasteiger partial charge in [-0.05, 0) is 82.4 Å². The summed E-state index contributed by atoms with van der Waals surface area (Å²) in [6, 6.07) is 52.5. The van der Waals surface area contributed by atoms with Crippen LogP contribution in [0.3, 0.4) is 0 Å². The minimum atomic E-state index is -0.402. The maximum absolute atomic E-state index is 8.55. The van der Waals surface area contributed by atoms with E-state index in [1.165, 1.54) is 14.8 Å². The molecule has 10 aromatic rings. The molecule has 2 aromatic heterocycles. The van der Waals surface area contributed by atoms with Crippen molar-refractivity contribution in [2.45, 2.75) is 0 Å². The van der Waals surface area contributed by atoms with Gasteiger partial charge in [0.1, 0.15) is 11.2 Å². The van der Waals surface area contributed by atoms with E-state index in [0.717, 1.165) is 66.6 Å². The molecule has 51 heavy (non-hydrogen) atoms. The summed E-state index contributed by atoms with van der Waals surface area (Å²) in [7, 11) is 0. The number of hydrogen-bond donors (Lipinski definition) is 0. The fourth-order valence-corrected chi connectivity index (χ4v) is 8.29. The SMILES string of the molecule is [2H]c1c([2H])c([2H])c(-c2ccc(N(c3ccc(-c4ccc5oc6c(-c7ccccc7)cccc6c5c4)cc3)c3cccc4sc5ccccc5c34)cc2)c([2H])c1[2H]. The van der Waals surface area contributed by atoms with E-state index in [1.54, 1.807) is 11.3 Å². The summed E-state index contributed by atoms with van der Waals surface area (Å²) in [6.07, 6.45) is 0. The number of thiophene rings is 1. The van der Waals surface area contributed by atoms with Crippen LogP contribution in [0.2, 0.25) is 0 Å². The molecule has 0 bridgehead atoms. The van der Waals surface area contributed by atoms with E-state index in [0.29, 0.717) is 5.56 Å². The number of anilines is 3. The average molecular weight is 675 g/mol. The number of hydrogen-bond acceptors (Lipinski definition) is 3. The minimum Gasteiger partial charge on any atom is -0.455 e. The standard InChI is InChI=1S/C48H31NOS/c1-3-11-32(12-4-1)33-21-26-37(27-22-33)49(43-18-10-20-46-47(43)41-15-7-8-19-45(41)51-46)38-28-23-34(24-29-38)36-25-30-44-42(31-36)40-17-9-16-39(48(40)50-44)35-13-5-2-6-14-35/h1-31H/i1D,3D,4D,11D,12D. The van der Waals surface area contributed by atoms with E-state index in [1.807, 2.05) is 42.5 Å². The summed E-state index contributed by atoms with van der Waals surface area (Å²) in [6.45, 7) is 0. The molecular formula is C48H31NOS. The maximum Gasteiger partial charge on any atom is 0.143 e. The van der Waals surface area contributed by atoms with Gasteiger partial charge in [0.15, 0.2) is 0 Å².